The van der Waals surface area contributed by atoms with Crippen molar-refractivity contribution in [3.8, 4) is 0 Å². The van der Waals surface area contributed by atoms with Gasteiger partial charge >= 0.3 is 11.9 Å². The summed E-state index contributed by atoms with van der Waals surface area (Å²) in [4.78, 5) is 48.3. The molecule has 13 heteroatoms. The molecule has 1 unspecified atom stereocenters. The van der Waals surface area contributed by atoms with Crippen LogP contribution in [0.2, 0.25) is 0 Å². The van der Waals surface area contributed by atoms with E-state index in [0.717, 1.165) is 6.92 Å². The van der Waals surface area contributed by atoms with E-state index in [-0.39, 0.29) is 5.57 Å². The fraction of sp³-hybridized carbons (Fsp3) is 0.500. The molecule has 2 aliphatic heterocycles. The van der Waals surface area contributed by atoms with Gasteiger partial charge in [0.05, 0.1) is 5.75 Å². The maximum atomic E-state index is 12.7. The molecule has 12 nitrogen and oxygen atoms in total. The Hall–Kier alpha value is -3.29. The van der Waals surface area contributed by atoms with E-state index in [2.05, 4.69) is 38.3 Å². The summed E-state index contributed by atoms with van der Waals surface area (Å²) in [6.07, 6.45) is 0. The molecular formula is C24H34N4O8S. The van der Waals surface area contributed by atoms with Gasteiger partial charge in [0.1, 0.15) is 24.4 Å². The van der Waals surface area contributed by atoms with Crippen LogP contribution >= 0.6 is 0 Å². The number of hydrogen-bond acceptors (Lipinski definition) is 9. The minimum atomic E-state index is -4.07. The number of nitrogens with zero attached hydrogens (tertiary/aromatic N) is 1. The molecule has 0 radical (unpaired) electrons. The molecular weight excluding hydrogens is 504 g/mol. The van der Waals surface area contributed by atoms with Crippen molar-refractivity contribution in [3.63, 3.8) is 0 Å². The van der Waals surface area contributed by atoms with Crippen LogP contribution in [0.15, 0.2) is 41.6 Å². The van der Waals surface area contributed by atoms with Gasteiger partial charge in [0.2, 0.25) is 5.91 Å². The van der Waals surface area contributed by atoms with Crippen molar-refractivity contribution >= 4 is 33.6 Å². The normalized spacial score (nSPS) is 20.9. The van der Waals surface area contributed by atoms with Crippen LogP contribution in [-0.2, 0) is 33.8 Å². The van der Waals surface area contributed by atoms with Crippen LogP contribution in [0.25, 0.3) is 0 Å². The van der Waals surface area contributed by atoms with Crippen LogP contribution in [0.1, 0.15) is 46.2 Å². The zero-order valence-electron chi connectivity index (χ0n) is 21.4. The van der Waals surface area contributed by atoms with Crippen molar-refractivity contribution in [1.82, 2.24) is 15.5 Å². The number of amides is 2. The van der Waals surface area contributed by atoms with Crippen molar-refractivity contribution in [3.05, 3.63) is 47.2 Å². The highest BCUT2D eigenvalue weighted by Gasteiger charge is 2.60. The molecule has 1 aromatic rings. The molecule has 2 heterocycles. The number of carboxylic acids is 1. The van der Waals surface area contributed by atoms with E-state index in [9.17, 15) is 32.7 Å². The first-order chi connectivity index (χ1) is 17.2. The van der Waals surface area contributed by atoms with Crippen molar-refractivity contribution in [2.75, 3.05) is 12.4 Å². The summed E-state index contributed by atoms with van der Waals surface area (Å²) in [5, 5.41) is 13.5. The SMILES string of the molecule is CC(=O)OCC1=C(C(=O)O)N2C(=O)[C@H](NC(=O)C(N)c3ccccc3)[C@@H]2S(=O)(=O)C1.CC(C)NC(C)C. The van der Waals surface area contributed by atoms with Crippen LogP contribution in [0, 0.1) is 0 Å². The summed E-state index contributed by atoms with van der Waals surface area (Å²) < 4.78 is 30.1. The van der Waals surface area contributed by atoms with E-state index in [4.69, 9.17) is 10.5 Å². The van der Waals surface area contributed by atoms with E-state index < -0.39 is 69.1 Å². The van der Waals surface area contributed by atoms with Crippen LogP contribution in [-0.4, -0.2) is 78.0 Å². The minimum absolute atomic E-state index is 0.229. The molecule has 1 aromatic carbocycles. The smallest absolute Gasteiger partial charge is 0.352 e. The zero-order chi connectivity index (χ0) is 28.1. The molecule has 37 heavy (non-hydrogen) atoms. The van der Waals surface area contributed by atoms with E-state index in [1.54, 1.807) is 30.3 Å². The fourth-order valence-corrected chi connectivity index (χ4v) is 6.05. The van der Waals surface area contributed by atoms with Gasteiger partial charge < -0.3 is 26.2 Å². The predicted octanol–water partition coefficient (Wildman–Crippen LogP) is 0.0625. The van der Waals surface area contributed by atoms with Gasteiger partial charge in [-0.3, -0.25) is 19.3 Å². The van der Waals surface area contributed by atoms with Crippen LogP contribution in [0.3, 0.4) is 0 Å². The fourth-order valence-electron chi connectivity index (χ4n) is 4.04. The van der Waals surface area contributed by atoms with E-state index in [0.29, 0.717) is 22.5 Å². The number of carbonyl (C=O) groups is 4. The van der Waals surface area contributed by atoms with Gasteiger partial charge in [0.25, 0.3) is 5.91 Å². The highest BCUT2D eigenvalue weighted by Crippen LogP contribution is 2.37. The Morgan fingerprint density at radius 3 is 2.16 bits per heavy atom. The van der Waals surface area contributed by atoms with Gasteiger partial charge in [-0.1, -0.05) is 58.0 Å². The molecule has 0 aliphatic carbocycles. The number of fused-ring (bicyclic) bond motifs is 1. The second-order valence-corrected chi connectivity index (χ2v) is 11.4. The summed E-state index contributed by atoms with van der Waals surface area (Å²) in [7, 11) is -4.07. The van der Waals surface area contributed by atoms with Gasteiger partial charge in [0.15, 0.2) is 15.2 Å². The topological polar surface area (TPSA) is 185 Å². The van der Waals surface area contributed by atoms with Crippen molar-refractivity contribution in [2.45, 2.75) is 64.2 Å². The Morgan fingerprint density at radius 1 is 1.14 bits per heavy atom. The van der Waals surface area contributed by atoms with Gasteiger partial charge in [-0.15, -0.1) is 0 Å². The molecule has 1 saturated heterocycles. The quantitative estimate of drug-likeness (QED) is 0.261. The summed E-state index contributed by atoms with van der Waals surface area (Å²) >= 11 is 0. The first-order valence-corrected chi connectivity index (χ1v) is 13.4. The Kier molecular flexibility index (Phi) is 9.95. The van der Waals surface area contributed by atoms with Crippen LogP contribution < -0.4 is 16.4 Å². The van der Waals surface area contributed by atoms with Gasteiger partial charge in [-0.25, -0.2) is 13.2 Å². The lowest BCUT2D eigenvalue weighted by Gasteiger charge is -2.49. The predicted molar refractivity (Wildman–Crippen MR) is 134 cm³/mol. The Bertz CT molecular complexity index is 1160. The maximum Gasteiger partial charge on any atom is 0.352 e. The zero-order valence-corrected chi connectivity index (χ0v) is 22.2. The molecule has 2 amide bonds. The number of carbonyl (C=O) groups excluding carboxylic acids is 3. The largest absolute Gasteiger partial charge is 0.477 e. The first kappa shape index (κ1) is 29.9. The number of nitrogens with one attached hydrogen (secondary N) is 2. The number of carboxylic acid groups (broad SMARTS) is 1. The van der Waals surface area contributed by atoms with E-state index in [1.165, 1.54) is 0 Å². The van der Waals surface area contributed by atoms with Crippen molar-refractivity contribution in [2.24, 2.45) is 5.73 Å². The lowest BCUT2D eigenvalue weighted by atomic mass is 10.0. The third-order valence-electron chi connectivity index (χ3n) is 5.42. The average molecular weight is 539 g/mol. The second-order valence-electron chi connectivity index (χ2n) is 9.29. The van der Waals surface area contributed by atoms with Gasteiger partial charge in [-0.05, 0) is 5.56 Å². The van der Waals surface area contributed by atoms with Crippen molar-refractivity contribution in [1.29, 1.82) is 0 Å². The molecule has 3 atom stereocenters. The van der Waals surface area contributed by atoms with Crippen molar-refractivity contribution < 1.29 is 37.4 Å². The number of nitrogens with two attached hydrogens (primary N) is 1. The number of esters is 1. The molecule has 3 rings (SSSR count). The number of ether oxygens (including phenoxy) is 1. The molecule has 0 aromatic heterocycles. The number of rotatable bonds is 8. The number of benzene rings is 1. The Morgan fingerprint density at radius 2 is 1.70 bits per heavy atom. The molecule has 204 valence electrons. The number of aliphatic carboxylic acids is 1. The molecule has 2 aliphatic rings. The summed E-state index contributed by atoms with van der Waals surface area (Å²) in [5.41, 5.74) is 5.53. The first-order valence-electron chi connectivity index (χ1n) is 11.7. The molecule has 0 bridgehead atoms. The van der Waals surface area contributed by atoms with E-state index >= 15 is 0 Å². The minimum Gasteiger partial charge on any atom is -0.477 e. The number of sulfone groups is 1. The van der Waals surface area contributed by atoms with Crippen LogP contribution in [0.5, 0.6) is 0 Å². The standard InChI is InChI=1S/C18H19N3O8S.C6H15N/c1-9(22)29-7-11-8-30(27,28)17-13(16(24)21(17)14(11)18(25)26)20-15(23)12(19)10-5-3-2-4-6-10;1-5(2)7-6(3)4/h2-6,12-13,17H,7-8,19H2,1H3,(H,20,23)(H,25,26);5-7H,1-4H3/t12?,13-,17-;/m0./s1. The molecule has 0 spiro atoms. The summed E-state index contributed by atoms with van der Waals surface area (Å²) in [6, 6.07) is 6.89. The monoisotopic (exact) mass is 538 g/mol. The Labute approximate surface area is 216 Å². The highest BCUT2D eigenvalue weighted by atomic mass is 32.2. The van der Waals surface area contributed by atoms with Gasteiger partial charge in [-0.2, -0.15) is 0 Å². The number of β-lactam (4-membered cyclic amide) rings is 1. The lowest BCUT2D eigenvalue weighted by Crippen LogP contribution is -2.75. The highest BCUT2D eigenvalue weighted by molar-refractivity contribution is 7.92. The van der Waals surface area contributed by atoms with Gasteiger partial charge in [0, 0.05) is 24.6 Å². The summed E-state index contributed by atoms with van der Waals surface area (Å²) in [6.45, 7) is 9.11. The third-order valence-corrected chi connectivity index (χ3v) is 7.39. The second kappa shape index (κ2) is 12.3. The third kappa shape index (κ3) is 7.37. The number of hydrogen-bond donors (Lipinski definition) is 4. The lowest BCUT2D eigenvalue weighted by molar-refractivity contribution is -0.151. The Balaban J connectivity index is 0.000000604. The molecule has 5 N–H and O–H groups in total. The van der Waals surface area contributed by atoms with E-state index in [1.807, 2.05) is 0 Å². The molecule has 0 saturated carbocycles. The average Bonchev–Trinajstić information content (AvgIpc) is 2.79. The maximum absolute atomic E-state index is 12.7. The van der Waals surface area contributed by atoms with Crippen LogP contribution in [0.4, 0.5) is 0 Å². The summed E-state index contributed by atoms with van der Waals surface area (Å²) in [5.74, 6) is -4.69. The molecule has 1 fully saturated rings.